The molecule has 2 aromatic carbocycles. The molecule has 7 heteroatoms. The van der Waals surface area contributed by atoms with Crippen LogP contribution >= 0.6 is 11.3 Å². The predicted molar refractivity (Wildman–Crippen MR) is 119 cm³/mol. The number of ether oxygens (including phenoxy) is 1. The molecule has 0 unspecified atom stereocenters. The van der Waals surface area contributed by atoms with E-state index in [1.54, 1.807) is 0 Å². The van der Waals surface area contributed by atoms with Gasteiger partial charge < -0.3 is 15.0 Å². The van der Waals surface area contributed by atoms with E-state index in [2.05, 4.69) is 15.2 Å². The number of carbonyl (C=O) groups is 2. The van der Waals surface area contributed by atoms with E-state index in [9.17, 15) is 9.59 Å². The number of carbonyl (C=O) groups excluding carboxylic acids is 2. The molecular formula is C23H23N3O3S. The van der Waals surface area contributed by atoms with E-state index in [4.69, 9.17) is 4.74 Å². The minimum Gasteiger partial charge on any atom is -0.451 e. The first-order chi connectivity index (χ1) is 14.6. The number of nitrogens with one attached hydrogen (secondary N) is 1. The van der Waals surface area contributed by atoms with Crippen molar-refractivity contribution in [2.24, 2.45) is 0 Å². The normalized spacial score (nSPS) is 13.3. The minimum absolute atomic E-state index is 0.349. The number of amides is 1. The highest BCUT2D eigenvalue weighted by Gasteiger charge is 2.20. The molecule has 0 radical (unpaired) electrons. The van der Waals surface area contributed by atoms with Crippen molar-refractivity contribution in [3.63, 3.8) is 0 Å². The maximum Gasteiger partial charge on any atom is 0.351 e. The van der Waals surface area contributed by atoms with Crippen molar-refractivity contribution >= 4 is 34.6 Å². The Bertz CT molecular complexity index is 1030. The maximum absolute atomic E-state index is 12.6. The molecule has 1 saturated heterocycles. The monoisotopic (exact) mass is 421 g/mol. The maximum atomic E-state index is 12.6. The third-order valence-electron chi connectivity index (χ3n) is 4.92. The summed E-state index contributed by atoms with van der Waals surface area (Å²) < 4.78 is 5.25. The van der Waals surface area contributed by atoms with Gasteiger partial charge in [-0.2, -0.15) is 0 Å². The molecule has 1 aliphatic rings. The molecule has 1 N–H and O–H groups in total. The van der Waals surface area contributed by atoms with Crippen molar-refractivity contribution in [2.75, 3.05) is 29.9 Å². The number of esters is 1. The van der Waals surface area contributed by atoms with Gasteiger partial charge in [0.25, 0.3) is 5.91 Å². The van der Waals surface area contributed by atoms with Crippen LogP contribution in [-0.2, 0) is 9.53 Å². The number of anilines is 2. The first-order valence-corrected chi connectivity index (χ1v) is 10.8. The Balaban J connectivity index is 1.35. The van der Waals surface area contributed by atoms with E-state index in [0.29, 0.717) is 16.3 Å². The predicted octanol–water partition coefficient (Wildman–Crippen LogP) is 4.51. The fourth-order valence-corrected chi connectivity index (χ4v) is 4.32. The number of thiazole rings is 1. The summed E-state index contributed by atoms with van der Waals surface area (Å²) in [5.74, 6) is -0.918. The summed E-state index contributed by atoms with van der Waals surface area (Å²) in [6.45, 7) is 3.64. The fraction of sp³-hybridized carbons (Fsp3) is 0.261. The molecule has 4 rings (SSSR count). The Hall–Kier alpha value is -3.19. The van der Waals surface area contributed by atoms with E-state index in [0.717, 1.165) is 29.3 Å². The highest BCUT2D eigenvalue weighted by atomic mass is 32.1. The minimum atomic E-state index is -0.543. The summed E-state index contributed by atoms with van der Waals surface area (Å²) in [4.78, 5) is 32.0. The molecule has 0 atom stereocenters. The van der Waals surface area contributed by atoms with Crippen molar-refractivity contribution in [1.29, 1.82) is 0 Å². The molecule has 0 saturated carbocycles. The van der Waals surface area contributed by atoms with Crippen molar-refractivity contribution in [3.05, 3.63) is 64.5 Å². The molecule has 1 aliphatic heterocycles. The summed E-state index contributed by atoms with van der Waals surface area (Å²) in [7, 11) is 0. The van der Waals surface area contributed by atoms with E-state index in [1.807, 2.05) is 61.5 Å². The van der Waals surface area contributed by atoms with E-state index < -0.39 is 5.97 Å². The van der Waals surface area contributed by atoms with Crippen molar-refractivity contribution in [3.8, 4) is 11.3 Å². The van der Waals surface area contributed by atoms with Crippen LogP contribution in [0.25, 0.3) is 11.3 Å². The summed E-state index contributed by atoms with van der Waals surface area (Å²) >= 11 is 1.26. The zero-order valence-corrected chi connectivity index (χ0v) is 17.6. The van der Waals surface area contributed by atoms with E-state index >= 15 is 0 Å². The number of nitrogens with zero attached hydrogens (tertiary/aromatic N) is 2. The Kier molecular flexibility index (Phi) is 6.09. The zero-order chi connectivity index (χ0) is 20.9. The SMILES string of the molecule is Cc1nc(-c2ccccc2)c(C(=O)OCC(=O)Nc2ccc(N3CCCC3)cc2)s1. The number of rotatable bonds is 6. The summed E-state index contributed by atoms with van der Waals surface area (Å²) in [5, 5.41) is 3.54. The molecule has 0 spiro atoms. The van der Waals surface area contributed by atoms with Gasteiger partial charge in [-0.25, -0.2) is 9.78 Å². The van der Waals surface area contributed by atoms with Gasteiger partial charge in [0.1, 0.15) is 4.88 Å². The Morgan fingerprint density at radius 1 is 1.07 bits per heavy atom. The van der Waals surface area contributed by atoms with Crippen LogP contribution in [0.4, 0.5) is 11.4 Å². The lowest BCUT2D eigenvalue weighted by molar-refractivity contribution is -0.119. The number of benzene rings is 2. The third-order valence-corrected chi connectivity index (χ3v) is 5.87. The van der Waals surface area contributed by atoms with Gasteiger partial charge in [-0.3, -0.25) is 4.79 Å². The largest absolute Gasteiger partial charge is 0.451 e. The second kappa shape index (κ2) is 9.09. The van der Waals surface area contributed by atoms with Crippen LogP contribution in [0.2, 0.25) is 0 Å². The average Bonchev–Trinajstić information content (AvgIpc) is 3.43. The van der Waals surface area contributed by atoms with Crippen LogP contribution in [0.15, 0.2) is 54.6 Å². The van der Waals surface area contributed by atoms with Crippen LogP contribution in [0.3, 0.4) is 0 Å². The second-order valence-corrected chi connectivity index (χ2v) is 8.35. The lowest BCUT2D eigenvalue weighted by Crippen LogP contribution is -2.21. The van der Waals surface area contributed by atoms with Gasteiger partial charge in [-0.1, -0.05) is 30.3 Å². The second-order valence-electron chi connectivity index (χ2n) is 7.14. The zero-order valence-electron chi connectivity index (χ0n) is 16.8. The highest BCUT2D eigenvalue weighted by Crippen LogP contribution is 2.28. The summed E-state index contributed by atoms with van der Waals surface area (Å²) in [6, 6.07) is 17.2. The van der Waals surface area contributed by atoms with Crippen LogP contribution in [-0.4, -0.2) is 36.6 Å². The molecule has 0 aliphatic carbocycles. The van der Waals surface area contributed by atoms with Crippen LogP contribution in [0.1, 0.15) is 27.5 Å². The number of hydrogen-bond donors (Lipinski definition) is 1. The van der Waals surface area contributed by atoms with Crippen molar-refractivity contribution in [2.45, 2.75) is 19.8 Å². The summed E-state index contributed by atoms with van der Waals surface area (Å²) in [5.41, 5.74) is 3.26. The number of aryl methyl sites for hydroxylation is 1. The Morgan fingerprint density at radius 2 is 1.77 bits per heavy atom. The molecule has 154 valence electrons. The Morgan fingerprint density at radius 3 is 2.47 bits per heavy atom. The number of hydrogen-bond acceptors (Lipinski definition) is 6. The third kappa shape index (κ3) is 4.68. The van der Waals surface area contributed by atoms with E-state index in [1.165, 1.54) is 24.2 Å². The fourth-order valence-electron chi connectivity index (χ4n) is 3.48. The van der Waals surface area contributed by atoms with Crippen molar-refractivity contribution < 1.29 is 14.3 Å². The van der Waals surface area contributed by atoms with Gasteiger partial charge >= 0.3 is 5.97 Å². The van der Waals surface area contributed by atoms with Gasteiger partial charge in [0.2, 0.25) is 0 Å². The molecule has 1 amide bonds. The molecule has 6 nitrogen and oxygen atoms in total. The molecule has 1 aromatic heterocycles. The lowest BCUT2D eigenvalue weighted by Gasteiger charge is -2.17. The van der Waals surface area contributed by atoms with Crippen LogP contribution < -0.4 is 10.2 Å². The topological polar surface area (TPSA) is 71.5 Å². The van der Waals surface area contributed by atoms with E-state index in [-0.39, 0.29) is 12.5 Å². The van der Waals surface area contributed by atoms with Gasteiger partial charge in [-0.15, -0.1) is 11.3 Å². The smallest absolute Gasteiger partial charge is 0.351 e. The van der Waals surface area contributed by atoms with Crippen molar-refractivity contribution in [1.82, 2.24) is 4.98 Å². The highest BCUT2D eigenvalue weighted by molar-refractivity contribution is 7.14. The lowest BCUT2D eigenvalue weighted by atomic mass is 10.1. The molecule has 0 bridgehead atoms. The quantitative estimate of drug-likeness (QED) is 0.593. The first-order valence-electron chi connectivity index (χ1n) is 9.95. The van der Waals surface area contributed by atoms with Gasteiger partial charge in [0.15, 0.2) is 6.61 Å². The first kappa shape index (κ1) is 20.1. The van der Waals surface area contributed by atoms with Gasteiger partial charge in [0, 0.05) is 30.0 Å². The average molecular weight is 422 g/mol. The van der Waals surface area contributed by atoms with Crippen LogP contribution in [0, 0.1) is 6.92 Å². The van der Waals surface area contributed by atoms with Gasteiger partial charge in [0.05, 0.1) is 10.7 Å². The molecule has 1 fully saturated rings. The molecular weight excluding hydrogens is 398 g/mol. The molecule has 3 aromatic rings. The van der Waals surface area contributed by atoms with Crippen LogP contribution in [0.5, 0.6) is 0 Å². The number of aromatic nitrogens is 1. The Labute approximate surface area is 179 Å². The molecule has 2 heterocycles. The summed E-state index contributed by atoms with van der Waals surface area (Å²) in [6.07, 6.45) is 2.43. The molecule has 30 heavy (non-hydrogen) atoms. The van der Waals surface area contributed by atoms with Gasteiger partial charge in [-0.05, 0) is 44.0 Å². The standard InChI is InChI=1S/C23H23N3O3S/c1-16-24-21(17-7-3-2-4-8-17)22(30-16)23(28)29-15-20(27)25-18-9-11-19(12-10-18)26-13-5-6-14-26/h2-4,7-12H,5-6,13-15H2,1H3,(H,25,27).